The van der Waals surface area contributed by atoms with E-state index in [4.69, 9.17) is 0 Å². The summed E-state index contributed by atoms with van der Waals surface area (Å²) in [5.41, 5.74) is 2.54. The van der Waals surface area contributed by atoms with Gasteiger partial charge in [0.25, 0.3) is 5.78 Å². The molecule has 6 nitrogen and oxygen atoms in total. The molecule has 0 atom stereocenters. The van der Waals surface area contributed by atoms with E-state index in [0.717, 1.165) is 11.1 Å². The number of nitrogens with one attached hydrogen (secondary N) is 1. The van der Waals surface area contributed by atoms with Crippen molar-refractivity contribution >= 4 is 17.4 Å². The molecule has 0 saturated carbocycles. The van der Waals surface area contributed by atoms with Crippen molar-refractivity contribution in [2.75, 3.05) is 5.32 Å². The Hall–Kier alpha value is -3.75. The number of benzene rings is 2. The van der Waals surface area contributed by atoms with Gasteiger partial charge in [0.1, 0.15) is 0 Å². The fraction of sp³-hybridized carbons (Fsp3) is 0.100. The van der Waals surface area contributed by atoms with Gasteiger partial charge in [-0.25, -0.2) is 9.97 Å². The van der Waals surface area contributed by atoms with E-state index >= 15 is 0 Å². The number of amides is 1. The van der Waals surface area contributed by atoms with Crippen LogP contribution >= 0.6 is 0 Å². The van der Waals surface area contributed by atoms with Gasteiger partial charge in [0, 0.05) is 18.2 Å². The smallest absolute Gasteiger partial charge is 0.326 e. The van der Waals surface area contributed by atoms with Crippen molar-refractivity contribution in [1.82, 2.24) is 19.6 Å². The Balaban J connectivity index is 1.74. The second kappa shape index (κ2) is 7.01. The second-order valence-corrected chi connectivity index (χ2v) is 6.34. The van der Waals surface area contributed by atoms with Gasteiger partial charge >= 0.3 is 6.18 Å². The van der Waals surface area contributed by atoms with Crippen LogP contribution < -0.4 is 5.32 Å². The number of imidazole rings is 1. The molecule has 0 spiro atoms. The van der Waals surface area contributed by atoms with Gasteiger partial charge in [-0.15, -0.1) is 0 Å². The maximum Gasteiger partial charge on any atom is 0.435 e. The number of alkyl halides is 3. The highest BCUT2D eigenvalue weighted by Crippen LogP contribution is 2.30. The number of nitrogens with zero attached hydrogens (tertiary/aromatic N) is 4. The quantitative estimate of drug-likeness (QED) is 0.555. The third-order valence-corrected chi connectivity index (χ3v) is 4.20. The zero-order valence-electron chi connectivity index (χ0n) is 15.1. The maximum atomic E-state index is 12.8. The Bertz CT molecular complexity index is 1220. The van der Waals surface area contributed by atoms with E-state index in [-0.39, 0.29) is 11.7 Å². The van der Waals surface area contributed by atoms with Crippen molar-refractivity contribution in [3.63, 3.8) is 0 Å². The molecule has 146 valence electrons. The molecule has 9 heteroatoms. The zero-order valence-corrected chi connectivity index (χ0v) is 15.1. The molecule has 0 radical (unpaired) electrons. The van der Waals surface area contributed by atoms with Crippen LogP contribution in [0.3, 0.4) is 0 Å². The lowest BCUT2D eigenvalue weighted by atomic mass is 10.0. The lowest BCUT2D eigenvalue weighted by Gasteiger charge is -2.08. The Morgan fingerprint density at radius 3 is 2.41 bits per heavy atom. The van der Waals surface area contributed by atoms with Crippen LogP contribution in [-0.4, -0.2) is 25.5 Å². The highest BCUT2D eigenvalue weighted by Gasteiger charge is 2.33. The lowest BCUT2D eigenvalue weighted by molar-refractivity contribution is -0.141. The molecule has 0 aliphatic heterocycles. The number of anilines is 1. The topological polar surface area (TPSA) is 72.2 Å². The highest BCUT2D eigenvalue weighted by atomic mass is 19.4. The van der Waals surface area contributed by atoms with Crippen molar-refractivity contribution in [2.24, 2.45) is 0 Å². The summed E-state index contributed by atoms with van der Waals surface area (Å²) >= 11 is 0. The number of carbonyl (C=O) groups is 1. The SMILES string of the molecule is CC(=O)Nc1cccc(-c2cccc(-c3cnc4nc(C(F)(F)F)cnn34)c2)c1. The molecular formula is C20H14F3N5O. The molecule has 1 amide bonds. The molecule has 0 saturated heterocycles. The van der Waals surface area contributed by atoms with Crippen LogP contribution in [0.2, 0.25) is 0 Å². The summed E-state index contributed by atoms with van der Waals surface area (Å²) in [4.78, 5) is 18.8. The minimum atomic E-state index is -4.58. The molecule has 2 heterocycles. The van der Waals surface area contributed by atoms with Gasteiger partial charge in [0.2, 0.25) is 5.91 Å². The zero-order chi connectivity index (χ0) is 20.6. The lowest BCUT2D eigenvalue weighted by Crippen LogP contribution is -2.11. The summed E-state index contributed by atoms with van der Waals surface area (Å²) in [6, 6.07) is 14.7. The van der Waals surface area contributed by atoms with E-state index < -0.39 is 11.9 Å². The predicted octanol–water partition coefficient (Wildman–Crippen LogP) is 4.44. The molecule has 4 rings (SSSR count). The molecule has 2 aromatic carbocycles. The van der Waals surface area contributed by atoms with Gasteiger partial charge in [0.05, 0.1) is 18.1 Å². The van der Waals surface area contributed by atoms with E-state index in [1.807, 2.05) is 42.5 Å². The number of aromatic nitrogens is 4. The van der Waals surface area contributed by atoms with Crippen molar-refractivity contribution < 1.29 is 18.0 Å². The largest absolute Gasteiger partial charge is 0.435 e. The molecule has 0 aliphatic carbocycles. The first-order valence-corrected chi connectivity index (χ1v) is 8.58. The Kier molecular flexibility index (Phi) is 4.50. The van der Waals surface area contributed by atoms with E-state index in [1.54, 1.807) is 6.07 Å². The van der Waals surface area contributed by atoms with Crippen molar-refractivity contribution in [1.29, 1.82) is 0 Å². The molecule has 1 N–H and O–H groups in total. The normalized spacial score (nSPS) is 11.6. The average molecular weight is 397 g/mol. The molecular weight excluding hydrogens is 383 g/mol. The second-order valence-electron chi connectivity index (χ2n) is 6.34. The molecule has 4 aromatic rings. The standard InChI is InChI=1S/C20H14F3N5O/c1-12(29)26-16-7-3-5-14(9-16)13-4-2-6-15(8-13)17-10-24-19-27-18(20(21,22)23)11-25-28(17)19/h2-11H,1H3,(H,26,29). The Morgan fingerprint density at radius 2 is 1.69 bits per heavy atom. The van der Waals surface area contributed by atoms with Crippen LogP contribution in [-0.2, 0) is 11.0 Å². The molecule has 0 aliphatic rings. The van der Waals surface area contributed by atoms with Gasteiger partial charge in [-0.2, -0.15) is 22.8 Å². The monoisotopic (exact) mass is 397 g/mol. The number of rotatable bonds is 3. The first-order valence-electron chi connectivity index (χ1n) is 8.58. The summed E-state index contributed by atoms with van der Waals surface area (Å²) in [5.74, 6) is -0.300. The van der Waals surface area contributed by atoms with Crippen LogP contribution in [0.15, 0.2) is 60.9 Å². The third-order valence-electron chi connectivity index (χ3n) is 4.20. The van der Waals surface area contributed by atoms with Crippen LogP contribution in [0.25, 0.3) is 28.2 Å². The molecule has 0 unspecified atom stereocenters. The van der Waals surface area contributed by atoms with Gasteiger partial charge in [0.15, 0.2) is 5.69 Å². The molecule has 0 bridgehead atoms. The minimum absolute atomic E-state index is 0.132. The van der Waals surface area contributed by atoms with Gasteiger partial charge in [-0.05, 0) is 29.3 Å². The predicted molar refractivity (Wildman–Crippen MR) is 101 cm³/mol. The van der Waals surface area contributed by atoms with Gasteiger partial charge in [-0.1, -0.05) is 30.3 Å². The fourth-order valence-corrected chi connectivity index (χ4v) is 2.95. The van der Waals surface area contributed by atoms with Crippen LogP contribution in [0.5, 0.6) is 0 Å². The summed E-state index contributed by atoms with van der Waals surface area (Å²) in [6.07, 6.45) is -2.47. The van der Waals surface area contributed by atoms with E-state index in [0.29, 0.717) is 23.1 Å². The van der Waals surface area contributed by atoms with Crippen LogP contribution in [0, 0.1) is 0 Å². The van der Waals surface area contributed by atoms with Gasteiger partial charge < -0.3 is 5.32 Å². The number of hydrogen-bond donors (Lipinski definition) is 1. The first kappa shape index (κ1) is 18.6. The Labute approximate surface area is 163 Å². The average Bonchev–Trinajstić information content (AvgIpc) is 3.10. The summed E-state index contributed by atoms with van der Waals surface area (Å²) in [6.45, 7) is 1.43. The minimum Gasteiger partial charge on any atom is -0.326 e. The summed E-state index contributed by atoms with van der Waals surface area (Å²) in [7, 11) is 0. The fourth-order valence-electron chi connectivity index (χ4n) is 2.95. The third kappa shape index (κ3) is 3.79. The number of hydrogen-bond acceptors (Lipinski definition) is 4. The highest BCUT2D eigenvalue weighted by molar-refractivity contribution is 5.89. The van der Waals surface area contributed by atoms with Crippen molar-refractivity contribution in [3.8, 4) is 22.4 Å². The molecule has 0 fully saturated rings. The molecule has 2 aromatic heterocycles. The maximum absolute atomic E-state index is 12.8. The number of carbonyl (C=O) groups excluding carboxylic acids is 1. The van der Waals surface area contributed by atoms with E-state index in [9.17, 15) is 18.0 Å². The van der Waals surface area contributed by atoms with E-state index in [1.165, 1.54) is 17.6 Å². The first-order chi connectivity index (χ1) is 13.8. The summed E-state index contributed by atoms with van der Waals surface area (Å²) in [5, 5.41) is 6.59. The van der Waals surface area contributed by atoms with Crippen LogP contribution in [0.4, 0.5) is 18.9 Å². The van der Waals surface area contributed by atoms with E-state index in [2.05, 4.69) is 20.4 Å². The Morgan fingerprint density at radius 1 is 1.00 bits per heavy atom. The molecule has 29 heavy (non-hydrogen) atoms. The van der Waals surface area contributed by atoms with Crippen molar-refractivity contribution in [3.05, 3.63) is 66.6 Å². The number of halogens is 3. The summed E-state index contributed by atoms with van der Waals surface area (Å²) < 4.78 is 39.8. The van der Waals surface area contributed by atoms with Gasteiger partial charge in [-0.3, -0.25) is 4.79 Å². The van der Waals surface area contributed by atoms with Crippen molar-refractivity contribution in [2.45, 2.75) is 13.1 Å². The van der Waals surface area contributed by atoms with Crippen LogP contribution in [0.1, 0.15) is 12.6 Å². The number of fused-ring (bicyclic) bond motifs is 1.